The molecule has 27 heavy (non-hydrogen) atoms. The van der Waals surface area contributed by atoms with Gasteiger partial charge in [-0.3, -0.25) is 4.79 Å². The molecule has 3 aromatic rings. The number of benzene rings is 1. The van der Waals surface area contributed by atoms with Crippen molar-refractivity contribution < 1.29 is 9.18 Å². The number of aryl methyl sites for hydroxylation is 1. The summed E-state index contributed by atoms with van der Waals surface area (Å²) in [4.78, 5) is 27.4. The summed E-state index contributed by atoms with van der Waals surface area (Å²) in [5, 5.41) is 2.78. The maximum atomic E-state index is 13.5. The number of aromatic nitrogens is 4. The van der Waals surface area contributed by atoms with E-state index in [1.807, 2.05) is 21.0 Å². The maximum Gasteiger partial charge on any atom is 0.247 e. The van der Waals surface area contributed by atoms with Crippen LogP contribution < -0.4 is 10.2 Å². The Balaban J connectivity index is 1.83. The number of hydrogen-bond donors (Lipinski definition) is 1. The summed E-state index contributed by atoms with van der Waals surface area (Å²) in [6.45, 7) is 3.57. The van der Waals surface area contributed by atoms with E-state index in [4.69, 9.17) is 0 Å². The van der Waals surface area contributed by atoms with Crippen molar-refractivity contribution in [2.75, 3.05) is 24.3 Å². The van der Waals surface area contributed by atoms with E-state index in [0.29, 0.717) is 23.0 Å². The smallest absolute Gasteiger partial charge is 0.247 e. The number of amides is 1. The number of hydrogen-bond acceptors (Lipinski definition) is 5. The Morgan fingerprint density at radius 1 is 1.22 bits per heavy atom. The van der Waals surface area contributed by atoms with Crippen LogP contribution in [0.2, 0.25) is 0 Å². The third-order valence-electron chi connectivity index (χ3n) is 4.22. The van der Waals surface area contributed by atoms with Gasteiger partial charge in [-0.2, -0.15) is 0 Å². The summed E-state index contributed by atoms with van der Waals surface area (Å²) in [5.41, 5.74) is 1.94. The molecule has 7 nitrogen and oxygen atoms in total. The fraction of sp³-hybridized carbons (Fsp3) is 0.263. The number of halogens is 1. The van der Waals surface area contributed by atoms with Gasteiger partial charge in [-0.15, -0.1) is 0 Å². The van der Waals surface area contributed by atoms with E-state index >= 15 is 0 Å². The quantitative estimate of drug-likeness (QED) is 0.749. The van der Waals surface area contributed by atoms with Gasteiger partial charge in [0.25, 0.3) is 0 Å². The molecule has 8 heteroatoms. The van der Waals surface area contributed by atoms with Crippen LogP contribution in [0, 0.1) is 12.7 Å². The van der Waals surface area contributed by atoms with Crippen LogP contribution in [0.15, 0.2) is 43.0 Å². The lowest BCUT2D eigenvalue weighted by atomic mass is 10.2. The standard InChI is InChI=1S/C19H21FN6O/c1-12-5-6-15(20)9-16(12)24-18(27)13(2)26-8-7-21-17(26)14-10-22-19(23-11-14)25(3)4/h5-11,13H,1-4H3,(H,24,27). The van der Waals surface area contributed by atoms with Crippen molar-refractivity contribution >= 4 is 17.5 Å². The number of anilines is 2. The molecule has 1 atom stereocenters. The summed E-state index contributed by atoms with van der Waals surface area (Å²) in [6, 6.07) is 3.74. The van der Waals surface area contributed by atoms with E-state index in [9.17, 15) is 9.18 Å². The molecule has 0 aliphatic heterocycles. The number of nitrogens with zero attached hydrogens (tertiary/aromatic N) is 5. The highest BCUT2D eigenvalue weighted by Gasteiger charge is 2.20. The van der Waals surface area contributed by atoms with Crippen LogP contribution >= 0.6 is 0 Å². The first-order valence-corrected chi connectivity index (χ1v) is 8.46. The minimum absolute atomic E-state index is 0.270. The second-order valence-corrected chi connectivity index (χ2v) is 6.45. The summed E-state index contributed by atoms with van der Waals surface area (Å²) < 4.78 is 15.2. The average Bonchev–Trinajstić information content (AvgIpc) is 3.13. The Bertz CT molecular complexity index is 951. The lowest BCUT2D eigenvalue weighted by molar-refractivity contribution is -0.118. The summed E-state index contributed by atoms with van der Waals surface area (Å²) >= 11 is 0. The fourth-order valence-electron chi connectivity index (χ4n) is 2.61. The molecule has 0 spiro atoms. The third kappa shape index (κ3) is 3.94. The van der Waals surface area contributed by atoms with Gasteiger partial charge >= 0.3 is 0 Å². The Kier molecular flexibility index (Phi) is 5.16. The second kappa shape index (κ2) is 7.53. The van der Waals surface area contributed by atoms with E-state index in [1.54, 1.807) is 47.2 Å². The molecular weight excluding hydrogens is 347 g/mol. The molecule has 0 bridgehead atoms. The van der Waals surface area contributed by atoms with Gasteiger partial charge < -0.3 is 14.8 Å². The number of nitrogens with one attached hydrogen (secondary N) is 1. The fourth-order valence-corrected chi connectivity index (χ4v) is 2.61. The minimum Gasteiger partial charge on any atom is -0.347 e. The van der Waals surface area contributed by atoms with Gasteiger partial charge in [0, 0.05) is 44.6 Å². The lowest BCUT2D eigenvalue weighted by Crippen LogP contribution is -2.24. The highest BCUT2D eigenvalue weighted by atomic mass is 19.1. The van der Waals surface area contributed by atoms with Crippen molar-refractivity contribution in [3.63, 3.8) is 0 Å². The molecule has 0 aliphatic carbocycles. The molecule has 0 saturated carbocycles. The van der Waals surface area contributed by atoms with Gasteiger partial charge in [-0.05, 0) is 31.5 Å². The predicted octanol–water partition coefficient (Wildman–Crippen LogP) is 3.05. The van der Waals surface area contributed by atoms with Crippen LogP contribution in [0.25, 0.3) is 11.4 Å². The molecule has 1 unspecified atom stereocenters. The molecule has 0 radical (unpaired) electrons. The van der Waals surface area contributed by atoms with Crippen LogP contribution in [-0.4, -0.2) is 39.5 Å². The largest absolute Gasteiger partial charge is 0.347 e. The molecule has 140 valence electrons. The monoisotopic (exact) mass is 368 g/mol. The van der Waals surface area contributed by atoms with Crippen molar-refractivity contribution in [2.24, 2.45) is 0 Å². The van der Waals surface area contributed by atoms with Crippen molar-refractivity contribution in [2.45, 2.75) is 19.9 Å². The van der Waals surface area contributed by atoms with E-state index in [0.717, 1.165) is 5.56 Å². The van der Waals surface area contributed by atoms with E-state index in [1.165, 1.54) is 12.1 Å². The first kappa shape index (κ1) is 18.5. The highest BCUT2D eigenvalue weighted by molar-refractivity contribution is 5.94. The number of carbonyl (C=O) groups excluding carboxylic acids is 1. The molecule has 1 N–H and O–H groups in total. The van der Waals surface area contributed by atoms with Gasteiger partial charge in [0.05, 0.1) is 5.56 Å². The Labute approximate surface area is 156 Å². The van der Waals surface area contributed by atoms with Gasteiger partial charge in [-0.25, -0.2) is 19.3 Å². The molecule has 3 rings (SSSR count). The van der Waals surface area contributed by atoms with Crippen molar-refractivity contribution in [1.29, 1.82) is 0 Å². The molecule has 2 heterocycles. The Morgan fingerprint density at radius 3 is 2.59 bits per heavy atom. The predicted molar refractivity (Wildman–Crippen MR) is 102 cm³/mol. The SMILES string of the molecule is Cc1ccc(F)cc1NC(=O)C(C)n1ccnc1-c1cnc(N(C)C)nc1. The van der Waals surface area contributed by atoms with E-state index in [-0.39, 0.29) is 5.91 Å². The van der Waals surface area contributed by atoms with Crippen LogP contribution in [0.3, 0.4) is 0 Å². The molecule has 0 aliphatic rings. The molecular formula is C19H21FN6O. The molecule has 0 saturated heterocycles. The minimum atomic E-state index is -0.557. The van der Waals surface area contributed by atoms with Gasteiger partial charge in [0.2, 0.25) is 11.9 Å². The first-order valence-electron chi connectivity index (χ1n) is 8.46. The maximum absolute atomic E-state index is 13.5. The van der Waals surface area contributed by atoms with E-state index in [2.05, 4.69) is 20.3 Å². The Morgan fingerprint density at radius 2 is 1.93 bits per heavy atom. The summed E-state index contributed by atoms with van der Waals surface area (Å²) in [5.74, 6) is 0.502. The highest BCUT2D eigenvalue weighted by Crippen LogP contribution is 2.23. The zero-order chi connectivity index (χ0) is 19.6. The molecule has 2 aromatic heterocycles. The van der Waals surface area contributed by atoms with Crippen LogP contribution in [0.1, 0.15) is 18.5 Å². The molecule has 0 fully saturated rings. The van der Waals surface area contributed by atoms with E-state index < -0.39 is 11.9 Å². The zero-order valence-electron chi connectivity index (χ0n) is 15.6. The average molecular weight is 368 g/mol. The second-order valence-electron chi connectivity index (χ2n) is 6.45. The third-order valence-corrected chi connectivity index (χ3v) is 4.22. The summed E-state index contributed by atoms with van der Waals surface area (Å²) in [6.07, 6.45) is 6.68. The number of imidazole rings is 1. The van der Waals surface area contributed by atoms with Crippen LogP contribution in [0.4, 0.5) is 16.0 Å². The van der Waals surface area contributed by atoms with Crippen molar-refractivity contribution in [3.05, 3.63) is 54.4 Å². The Hall–Kier alpha value is -3.29. The molecule has 1 aromatic carbocycles. The lowest BCUT2D eigenvalue weighted by Gasteiger charge is -2.17. The van der Waals surface area contributed by atoms with Gasteiger partial charge in [0.1, 0.15) is 17.7 Å². The topological polar surface area (TPSA) is 75.9 Å². The van der Waals surface area contributed by atoms with Gasteiger partial charge in [-0.1, -0.05) is 6.07 Å². The number of carbonyl (C=O) groups is 1. The van der Waals surface area contributed by atoms with Crippen LogP contribution in [0.5, 0.6) is 0 Å². The van der Waals surface area contributed by atoms with Crippen molar-refractivity contribution in [3.8, 4) is 11.4 Å². The van der Waals surface area contributed by atoms with Gasteiger partial charge in [0.15, 0.2) is 0 Å². The normalized spacial score (nSPS) is 11.9. The summed E-state index contributed by atoms with van der Waals surface area (Å²) in [7, 11) is 3.72. The van der Waals surface area contributed by atoms with Crippen LogP contribution in [-0.2, 0) is 4.79 Å². The first-order chi connectivity index (χ1) is 12.9. The number of rotatable bonds is 5. The molecule has 1 amide bonds. The zero-order valence-corrected chi connectivity index (χ0v) is 15.6. The van der Waals surface area contributed by atoms with Crippen molar-refractivity contribution in [1.82, 2.24) is 19.5 Å².